The van der Waals surface area contributed by atoms with Crippen molar-refractivity contribution in [1.29, 1.82) is 0 Å². The number of halogens is 1. The first-order valence-electron chi connectivity index (χ1n) is 12.8. The number of ether oxygens (including phenoxy) is 2. The van der Waals surface area contributed by atoms with E-state index in [4.69, 9.17) is 9.47 Å². The highest BCUT2D eigenvalue weighted by Crippen LogP contribution is 2.31. The van der Waals surface area contributed by atoms with Gasteiger partial charge in [0.05, 0.1) is 35.4 Å². The van der Waals surface area contributed by atoms with Crippen LogP contribution in [0.1, 0.15) is 35.7 Å². The predicted molar refractivity (Wildman–Crippen MR) is 163 cm³/mol. The van der Waals surface area contributed by atoms with Crippen molar-refractivity contribution >= 4 is 38.2 Å². The monoisotopic (exact) mass is 567 g/mol. The average molecular weight is 568 g/mol. The van der Waals surface area contributed by atoms with Crippen LogP contribution < -0.4 is 14.8 Å². The van der Waals surface area contributed by atoms with Crippen LogP contribution in [-0.2, 0) is 0 Å². The van der Waals surface area contributed by atoms with Gasteiger partial charge in [-0.25, -0.2) is 9.07 Å². The Bertz CT molecular complexity index is 1780. The Morgan fingerprint density at radius 1 is 0.927 bits per heavy atom. The zero-order chi connectivity index (χ0) is 27.6. The van der Waals surface area contributed by atoms with Crippen molar-refractivity contribution in [2.45, 2.75) is 26.5 Å². The lowest BCUT2D eigenvalue weighted by atomic mass is 10.0. The second kappa shape index (κ2) is 11.8. The molecular formula is C33H30FN3O3S. The minimum absolute atomic E-state index is 0. The lowest BCUT2D eigenvalue weighted by molar-refractivity contribution is 0.0886. The van der Waals surface area contributed by atoms with E-state index in [2.05, 4.69) is 10.4 Å². The van der Waals surface area contributed by atoms with E-state index in [9.17, 15) is 9.18 Å². The van der Waals surface area contributed by atoms with E-state index in [1.807, 2.05) is 79.7 Å². The number of methoxy groups -OCH3 is 1. The molecule has 0 bridgehead atoms. The summed E-state index contributed by atoms with van der Waals surface area (Å²) in [5.41, 5.74) is 2.49. The van der Waals surface area contributed by atoms with E-state index in [0.717, 1.165) is 32.2 Å². The van der Waals surface area contributed by atoms with Crippen molar-refractivity contribution in [2.75, 3.05) is 7.11 Å². The van der Waals surface area contributed by atoms with Gasteiger partial charge in [-0.05, 0) is 84.6 Å². The maximum Gasteiger partial charge on any atom is 0.261 e. The molecule has 0 spiro atoms. The van der Waals surface area contributed by atoms with Crippen LogP contribution >= 0.6 is 11.3 Å². The van der Waals surface area contributed by atoms with Crippen LogP contribution in [0.5, 0.6) is 11.5 Å². The molecule has 6 nitrogen and oxygen atoms in total. The van der Waals surface area contributed by atoms with Crippen LogP contribution in [0.25, 0.3) is 26.7 Å². The van der Waals surface area contributed by atoms with Gasteiger partial charge in [0, 0.05) is 10.1 Å². The summed E-state index contributed by atoms with van der Waals surface area (Å²) >= 11 is 1.46. The fourth-order valence-electron chi connectivity index (χ4n) is 4.74. The molecule has 0 fully saturated rings. The fourth-order valence-corrected chi connectivity index (χ4v) is 5.71. The van der Waals surface area contributed by atoms with Crippen LogP contribution in [-0.4, -0.2) is 28.8 Å². The third kappa shape index (κ3) is 5.78. The third-order valence-corrected chi connectivity index (χ3v) is 7.87. The first-order chi connectivity index (χ1) is 19.5. The number of nitrogens with one attached hydrogen (secondary N) is 1. The summed E-state index contributed by atoms with van der Waals surface area (Å²) < 4.78 is 28.2. The number of benzene rings is 4. The third-order valence-electron chi connectivity index (χ3n) is 6.76. The molecule has 1 amide bonds. The van der Waals surface area contributed by atoms with Crippen LogP contribution in [0.3, 0.4) is 0 Å². The van der Waals surface area contributed by atoms with Gasteiger partial charge in [0.1, 0.15) is 23.4 Å². The first-order valence-corrected chi connectivity index (χ1v) is 13.6. The molecule has 8 heteroatoms. The molecule has 2 aromatic heterocycles. The summed E-state index contributed by atoms with van der Waals surface area (Å²) in [4.78, 5) is 13.9. The number of aromatic nitrogens is 2. The van der Waals surface area contributed by atoms with Gasteiger partial charge in [0.25, 0.3) is 5.91 Å². The maximum atomic E-state index is 13.4. The quantitative estimate of drug-likeness (QED) is 0.203. The number of hydrogen-bond acceptors (Lipinski definition) is 5. The van der Waals surface area contributed by atoms with Gasteiger partial charge in [-0.1, -0.05) is 37.8 Å². The Morgan fingerprint density at radius 2 is 1.73 bits per heavy atom. The SMILES string of the molecule is C.COc1cccc([C@@H](Oc2ccc3c(cnn3-c3ccc(F)cc3)c2)[C@H](C)NC(=O)c2cc3ccccc3s2)c1. The van der Waals surface area contributed by atoms with Crippen LogP contribution in [0, 0.1) is 5.82 Å². The summed E-state index contributed by atoms with van der Waals surface area (Å²) in [6.07, 6.45) is 1.25. The molecular weight excluding hydrogens is 537 g/mol. The van der Waals surface area contributed by atoms with Gasteiger partial charge in [-0.2, -0.15) is 5.10 Å². The molecule has 0 aliphatic heterocycles. The van der Waals surface area contributed by atoms with E-state index in [0.29, 0.717) is 16.4 Å². The minimum Gasteiger partial charge on any atom is -0.497 e. The highest BCUT2D eigenvalue weighted by atomic mass is 32.1. The normalized spacial score (nSPS) is 12.5. The predicted octanol–water partition coefficient (Wildman–Crippen LogP) is 7.96. The molecule has 0 aliphatic rings. The van der Waals surface area contributed by atoms with E-state index in [-0.39, 0.29) is 25.2 Å². The van der Waals surface area contributed by atoms with Gasteiger partial charge in [-0.15, -0.1) is 11.3 Å². The van der Waals surface area contributed by atoms with Crippen molar-refractivity contribution in [3.63, 3.8) is 0 Å². The molecule has 0 saturated heterocycles. The smallest absolute Gasteiger partial charge is 0.261 e. The molecule has 6 rings (SSSR count). The minimum atomic E-state index is -0.502. The van der Waals surface area contributed by atoms with Crippen molar-refractivity contribution in [2.24, 2.45) is 0 Å². The van der Waals surface area contributed by atoms with Gasteiger partial charge >= 0.3 is 0 Å². The molecule has 0 unspecified atom stereocenters. The lowest BCUT2D eigenvalue weighted by Gasteiger charge is -2.27. The largest absolute Gasteiger partial charge is 0.497 e. The van der Waals surface area contributed by atoms with Gasteiger partial charge < -0.3 is 14.8 Å². The molecule has 6 aromatic rings. The molecule has 0 radical (unpaired) electrons. The molecule has 208 valence electrons. The van der Waals surface area contributed by atoms with Crippen LogP contribution in [0.4, 0.5) is 4.39 Å². The molecule has 0 saturated carbocycles. The molecule has 2 atom stereocenters. The Kier molecular flexibility index (Phi) is 8.03. The number of hydrogen-bond donors (Lipinski definition) is 1. The molecule has 1 N–H and O–H groups in total. The number of rotatable bonds is 8. The van der Waals surface area contributed by atoms with Crippen molar-refractivity contribution in [3.05, 3.63) is 120 Å². The highest BCUT2D eigenvalue weighted by Gasteiger charge is 2.25. The van der Waals surface area contributed by atoms with E-state index >= 15 is 0 Å². The Labute approximate surface area is 242 Å². The highest BCUT2D eigenvalue weighted by molar-refractivity contribution is 7.20. The van der Waals surface area contributed by atoms with Crippen molar-refractivity contribution < 1.29 is 18.7 Å². The number of carbonyl (C=O) groups is 1. The van der Waals surface area contributed by atoms with Crippen LogP contribution in [0.15, 0.2) is 103 Å². The molecule has 41 heavy (non-hydrogen) atoms. The van der Waals surface area contributed by atoms with Gasteiger partial charge in [0.15, 0.2) is 0 Å². The first kappa shape index (κ1) is 27.9. The van der Waals surface area contributed by atoms with E-state index < -0.39 is 6.10 Å². The lowest BCUT2D eigenvalue weighted by Crippen LogP contribution is -2.39. The Balaban J connectivity index is 0.00000337. The van der Waals surface area contributed by atoms with Crippen molar-refractivity contribution in [1.82, 2.24) is 15.1 Å². The number of fused-ring (bicyclic) bond motifs is 2. The summed E-state index contributed by atoms with van der Waals surface area (Å²) in [5.74, 6) is 0.876. The zero-order valence-electron chi connectivity index (χ0n) is 21.9. The molecule has 2 heterocycles. The second-order valence-corrected chi connectivity index (χ2v) is 10.6. The maximum absolute atomic E-state index is 13.4. The molecule has 0 aliphatic carbocycles. The van der Waals surface area contributed by atoms with E-state index in [1.165, 1.54) is 23.5 Å². The number of amides is 1. The topological polar surface area (TPSA) is 65.4 Å². The Hall–Kier alpha value is -4.69. The number of nitrogens with zero attached hydrogens (tertiary/aromatic N) is 2. The summed E-state index contributed by atoms with van der Waals surface area (Å²) in [5, 5.41) is 9.54. The summed E-state index contributed by atoms with van der Waals surface area (Å²) in [6.45, 7) is 1.93. The van der Waals surface area contributed by atoms with Crippen LogP contribution in [0.2, 0.25) is 0 Å². The summed E-state index contributed by atoms with van der Waals surface area (Å²) in [6, 6.07) is 29.0. The average Bonchev–Trinajstić information content (AvgIpc) is 3.61. The standard InChI is InChI=1S/C32H26FN3O3S.CH4/c1-20(35-32(37)30-18-21-6-3-4-9-29(21)40-30)31(22-7-5-8-26(16-22)38-2)39-27-14-15-28-23(17-27)19-34-36(28)25-12-10-24(33)11-13-25;/h3-20,31H,1-2H3,(H,35,37);1H4/t20-,31-;/m0./s1. The van der Waals surface area contributed by atoms with Gasteiger partial charge in [-0.3, -0.25) is 4.79 Å². The molecule has 4 aromatic carbocycles. The zero-order valence-corrected chi connectivity index (χ0v) is 22.7. The number of carbonyl (C=O) groups excluding carboxylic acids is 1. The fraction of sp³-hybridized carbons (Fsp3) is 0.152. The second-order valence-electron chi connectivity index (χ2n) is 9.48. The van der Waals surface area contributed by atoms with E-state index in [1.54, 1.807) is 30.1 Å². The Morgan fingerprint density at radius 3 is 2.51 bits per heavy atom. The summed E-state index contributed by atoms with van der Waals surface area (Å²) in [7, 11) is 1.62. The number of thiophene rings is 1. The van der Waals surface area contributed by atoms with Crippen molar-refractivity contribution in [3.8, 4) is 17.2 Å². The van der Waals surface area contributed by atoms with Gasteiger partial charge in [0.2, 0.25) is 0 Å².